The molecule has 0 heterocycles. The van der Waals surface area contributed by atoms with Gasteiger partial charge in [-0.3, -0.25) is 4.79 Å². The average Bonchev–Trinajstić information content (AvgIpc) is 2.07. The number of hydrogen-bond acceptors (Lipinski definition) is 2. The van der Waals surface area contributed by atoms with Crippen LogP contribution in [0.3, 0.4) is 0 Å². The number of rotatable bonds is 3. The third-order valence-electron chi connectivity index (χ3n) is 1.04. The number of aliphatic hydroxyl groups is 1. The van der Waals surface area contributed by atoms with Gasteiger partial charge in [-0.15, -0.1) is 0 Å². The molecule has 0 rings (SSSR count). The Hall–Kier alpha value is -0.790. The number of carbonyl (C=O) groups is 1. The van der Waals surface area contributed by atoms with Crippen molar-refractivity contribution in [3.63, 3.8) is 0 Å². The highest BCUT2D eigenvalue weighted by Gasteiger charge is 1.93. The molecule has 0 aromatic heterocycles. The highest BCUT2D eigenvalue weighted by Crippen LogP contribution is 1.95. The van der Waals surface area contributed by atoms with Gasteiger partial charge in [0.2, 0.25) is 0 Å². The summed E-state index contributed by atoms with van der Waals surface area (Å²) in [7, 11) is 0. The van der Waals surface area contributed by atoms with Crippen LogP contribution in [0.5, 0.6) is 0 Å². The lowest BCUT2D eigenvalue weighted by Crippen LogP contribution is -1.90. The SMILES string of the molecule is CC.CCC(=O)/C=C(/O)CC. The number of hydrogen-bond donors (Lipinski definition) is 1. The Morgan fingerprint density at radius 1 is 1.27 bits per heavy atom. The van der Waals surface area contributed by atoms with Gasteiger partial charge in [0.1, 0.15) is 0 Å². The summed E-state index contributed by atoms with van der Waals surface area (Å²) in [6, 6.07) is 0. The molecule has 0 aliphatic carbocycles. The molecule has 0 saturated heterocycles. The van der Waals surface area contributed by atoms with Crippen LogP contribution in [0, 0.1) is 0 Å². The van der Waals surface area contributed by atoms with E-state index in [1.54, 1.807) is 13.8 Å². The lowest BCUT2D eigenvalue weighted by molar-refractivity contribution is -0.114. The summed E-state index contributed by atoms with van der Waals surface area (Å²) in [5.74, 6) is 0.149. The van der Waals surface area contributed by atoms with Gasteiger partial charge in [-0.25, -0.2) is 0 Å². The van der Waals surface area contributed by atoms with Crippen molar-refractivity contribution in [3.05, 3.63) is 11.8 Å². The summed E-state index contributed by atoms with van der Waals surface area (Å²) in [6.07, 6.45) is 2.27. The molecule has 0 radical (unpaired) electrons. The zero-order valence-corrected chi connectivity index (χ0v) is 7.85. The van der Waals surface area contributed by atoms with Gasteiger partial charge in [0.05, 0.1) is 5.76 Å². The van der Waals surface area contributed by atoms with Crippen molar-refractivity contribution >= 4 is 5.78 Å². The van der Waals surface area contributed by atoms with Gasteiger partial charge in [0.15, 0.2) is 5.78 Å². The monoisotopic (exact) mass is 158 g/mol. The molecule has 66 valence electrons. The number of aliphatic hydroxyl groups excluding tert-OH is 1. The van der Waals surface area contributed by atoms with Crippen LogP contribution >= 0.6 is 0 Å². The number of allylic oxidation sites excluding steroid dienone is 2. The zero-order chi connectivity index (χ0) is 9.28. The summed E-state index contributed by atoms with van der Waals surface area (Å²) in [5, 5.41) is 8.80. The van der Waals surface area contributed by atoms with Crippen molar-refractivity contribution in [3.8, 4) is 0 Å². The van der Waals surface area contributed by atoms with E-state index in [0.29, 0.717) is 12.8 Å². The Morgan fingerprint density at radius 3 is 2.00 bits per heavy atom. The van der Waals surface area contributed by atoms with Gasteiger partial charge < -0.3 is 5.11 Å². The molecule has 0 saturated carbocycles. The normalized spacial score (nSPS) is 10.0. The standard InChI is InChI=1S/C7H12O2.C2H6/c1-3-6(8)5-7(9)4-2;1-2/h5,8H,3-4H2,1-2H3;1-2H3/b6-5+;. The third kappa shape index (κ3) is 9.21. The second-order valence-corrected chi connectivity index (χ2v) is 1.81. The molecular weight excluding hydrogens is 140 g/mol. The van der Waals surface area contributed by atoms with Crippen LogP contribution in [0.4, 0.5) is 0 Å². The summed E-state index contributed by atoms with van der Waals surface area (Å²) >= 11 is 0. The predicted molar refractivity (Wildman–Crippen MR) is 47.6 cm³/mol. The average molecular weight is 158 g/mol. The maximum atomic E-state index is 10.5. The van der Waals surface area contributed by atoms with E-state index in [0.717, 1.165) is 0 Å². The van der Waals surface area contributed by atoms with Crippen molar-refractivity contribution < 1.29 is 9.90 Å². The van der Waals surface area contributed by atoms with Crippen LogP contribution in [-0.4, -0.2) is 10.9 Å². The molecule has 0 fully saturated rings. The van der Waals surface area contributed by atoms with E-state index in [9.17, 15) is 4.79 Å². The molecule has 0 aliphatic rings. The first kappa shape index (κ1) is 12.8. The second-order valence-electron chi connectivity index (χ2n) is 1.81. The van der Waals surface area contributed by atoms with Crippen LogP contribution < -0.4 is 0 Å². The molecule has 2 nitrogen and oxygen atoms in total. The second kappa shape index (κ2) is 9.21. The lowest BCUT2D eigenvalue weighted by Gasteiger charge is -1.90. The maximum Gasteiger partial charge on any atom is 0.158 e. The maximum absolute atomic E-state index is 10.5. The van der Waals surface area contributed by atoms with Crippen LogP contribution in [0.25, 0.3) is 0 Å². The first-order valence-corrected chi connectivity index (χ1v) is 4.13. The molecule has 0 aromatic rings. The van der Waals surface area contributed by atoms with Crippen LogP contribution in [0.1, 0.15) is 40.5 Å². The molecule has 0 aliphatic heterocycles. The van der Waals surface area contributed by atoms with Crippen molar-refractivity contribution in [2.45, 2.75) is 40.5 Å². The molecule has 0 aromatic carbocycles. The molecule has 0 unspecified atom stereocenters. The van der Waals surface area contributed by atoms with E-state index in [2.05, 4.69) is 0 Å². The minimum Gasteiger partial charge on any atom is -0.512 e. The summed E-state index contributed by atoms with van der Waals surface area (Å²) in [5.41, 5.74) is 0. The molecule has 0 amide bonds. The lowest BCUT2D eigenvalue weighted by atomic mass is 10.2. The summed E-state index contributed by atoms with van der Waals surface area (Å²) < 4.78 is 0. The third-order valence-corrected chi connectivity index (χ3v) is 1.04. The van der Waals surface area contributed by atoms with E-state index in [1.165, 1.54) is 6.08 Å². The highest BCUT2D eigenvalue weighted by atomic mass is 16.3. The summed E-state index contributed by atoms with van der Waals surface area (Å²) in [4.78, 5) is 10.5. The van der Waals surface area contributed by atoms with Gasteiger partial charge >= 0.3 is 0 Å². The van der Waals surface area contributed by atoms with Gasteiger partial charge in [0.25, 0.3) is 0 Å². The van der Waals surface area contributed by atoms with E-state index in [4.69, 9.17) is 5.11 Å². The van der Waals surface area contributed by atoms with Crippen molar-refractivity contribution in [2.24, 2.45) is 0 Å². The largest absolute Gasteiger partial charge is 0.512 e. The Balaban J connectivity index is 0. The number of carbonyl (C=O) groups excluding carboxylic acids is 1. The minimum atomic E-state index is -0.0191. The fraction of sp³-hybridized carbons (Fsp3) is 0.667. The molecule has 2 heteroatoms. The fourth-order valence-corrected chi connectivity index (χ4v) is 0.390. The topological polar surface area (TPSA) is 37.3 Å². The Kier molecular flexibility index (Phi) is 10.8. The highest BCUT2D eigenvalue weighted by molar-refractivity contribution is 5.89. The molecular formula is C9H18O2. The Labute approximate surface area is 68.9 Å². The van der Waals surface area contributed by atoms with Gasteiger partial charge in [0, 0.05) is 18.9 Å². The first-order valence-electron chi connectivity index (χ1n) is 4.13. The van der Waals surface area contributed by atoms with Crippen molar-refractivity contribution in [1.29, 1.82) is 0 Å². The van der Waals surface area contributed by atoms with Crippen LogP contribution in [0.15, 0.2) is 11.8 Å². The van der Waals surface area contributed by atoms with Gasteiger partial charge in [-0.05, 0) is 0 Å². The van der Waals surface area contributed by atoms with Crippen molar-refractivity contribution in [2.75, 3.05) is 0 Å². The van der Waals surface area contributed by atoms with Crippen molar-refractivity contribution in [1.82, 2.24) is 0 Å². The quantitative estimate of drug-likeness (QED) is 0.506. The van der Waals surface area contributed by atoms with E-state index >= 15 is 0 Å². The molecule has 0 spiro atoms. The molecule has 11 heavy (non-hydrogen) atoms. The fourth-order valence-electron chi connectivity index (χ4n) is 0.390. The zero-order valence-electron chi connectivity index (χ0n) is 7.85. The number of ketones is 1. The van der Waals surface area contributed by atoms with E-state index in [-0.39, 0.29) is 11.5 Å². The van der Waals surface area contributed by atoms with E-state index < -0.39 is 0 Å². The van der Waals surface area contributed by atoms with Crippen LogP contribution in [0.2, 0.25) is 0 Å². The predicted octanol–water partition coefficient (Wildman–Crippen LogP) is 2.84. The minimum absolute atomic E-state index is 0.0191. The smallest absolute Gasteiger partial charge is 0.158 e. The van der Waals surface area contributed by atoms with Gasteiger partial charge in [-0.2, -0.15) is 0 Å². The summed E-state index contributed by atoms with van der Waals surface area (Å²) in [6.45, 7) is 7.57. The Morgan fingerprint density at radius 2 is 1.73 bits per heavy atom. The Bertz CT molecular complexity index is 126. The molecule has 0 atom stereocenters. The first-order chi connectivity index (χ1) is 5.20. The van der Waals surface area contributed by atoms with Crippen LogP contribution in [-0.2, 0) is 4.79 Å². The molecule has 0 bridgehead atoms. The molecule has 1 N–H and O–H groups in total. The van der Waals surface area contributed by atoms with Gasteiger partial charge in [-0.1, -0.05) is 27.7 Å². The van der Waals surface area contributed by atoms with E-state index in [1.807, 2.05) is 13.8 Å².